The van der Waals surface area contributed by atoms with Crippen LogP contribution in [0.15, 0.2) is 35.4 Å². The predicted octanol–water partition coefficient (Wildman–Crippen LogP) is 6.34. The van der Waals surface area contributed by atoms with Crippen molar-refractivity contribution < 1.29 is 22.8 Å². The Kier molecular flexibility index (Phi) is 8.72. The number of allylic oxidation sites excluding steroid dienone is 4. The van der Waals surface area contributed by atoms with Gasteiger partial charge in [0.25, 0.3) is 0 Å². The Morgan fingerprint density at radius 1 is 1.15 bits per heavy atom. The number of nitrogens with two attached hydrogens (primary N) is 1. The Labute approximate surface area is 192 Å². The number of benzene rings is 1. The molecular weight excluding hydrogens is 429 g/mol. The summed E-state index contributed by atoms with van der Waals surface area (Å²) in [5.74, 6) is 0.342. The molecule has 2 N–H and O–H groups in total. The van der Waals surface area contributed by atoms with Crippen LogP contribution in [-0.4, -0.2) is 16.6 Å². The maximum absolute atomic E-state index is 13.0. The van der Waals surface area contributed by atoms with Gasteiger partial charge in [-0.15, -0.1) is 0 Å². The summed E-state index contributed by atoms with van der Waals surface area (Å²) in [6.45, 7) is 9.15. The van der Waals surface area contributed by atoms with E-state index in [0.29, 0.717) is 30.2 Å². The molecule has 4 nitrogen and oxygen atoms in total. The molecule has 1 aromatic heterocycles. The van der Waals surface area contributed by atoms with Crippen LogP contribution >= 0.6 is 0 Å². The number of nitrogens with zero attached hydrogens (tertiary/aromatic N) is 1. The van der Waals surface area contributed by atoms with Crippen LogP contribution in [0.3, 0.4) is 0 Å². The van der Waals surface area contributed by atoms with E-state index in [0.717, 1.165) is 52.1 Å². The highest BCUT2D eigenvalue weighted by atomic mass is 19.4. The van der Waals surface area contributed by atoms with Gasteiger partial charge in [-0.2, -0.15) is 13.2 Å². The number of pyridine rings is 1. The van der Waals surface area contributed by atoms with Gasteiger partial charge >= 0.3 is 6.18 Å². The SMILES string of the molecule is CC.CC(=O)C1=C(/C=C2\CCc3c2nc2ccc(C(F)(F)F)cc2c3CN)C1.CCC(C)=O. The molecule has 178 valence electrons. The molecule has 0 atom stereocenters. The number of rotatable bonds is 4. The number of hydrogen-bond acceptors (Lipinski definition) is 4. The van der Waals surface area contributed by atoms with Crippen molar-refractivity contribution in [1.82, 2.24) is 4.98 Å². The topological polar surface area (TPSA) is 73.1 Å². The third-order valence-corrected chi connectivity index (χ3v) is 5.59. The number of aromatic nitrogens is 1. The van der Waals surface area contributed by atoms with Crippen molar-refractivity contribution in [3.63, 3.8) is 0 Å². The van der Waals surface area contributed by atoms with Crippen molar-refractivity contribution in [3.05, 3.63) is 57.8 Å². The molecule has 0 aliphatic heterocycles. The molecule has 0 unspecified atom stereocenters. The summed E-state index contributed by atoms with van der Waals surface area (Å²) in [6, 6.07) is 3.60. The van der Waals surface area contributed by atoms with E-state index in [1.807, 2.05) is 26.8 Å². The smallest absolute Gasteiger partial charge is 0.326 e. The molecule has 0 radical (unpaired) electrons. The molecule has 4 rings (SSSR count). The molecule has 0 bridgehead atoms. The summed E-state index contributed by atoms with van der Waals surface area (Å²) in [5, 5.41) is 0.470. The molecule has 0 spiro atoms. The van der Waals surface area contributed by atoms with Crippen molar-refractivity contribution in [3.8, 4) is 0 Å². The highest BCUT2D eigenvalue weighted by molar-refractivity contribution is 6.00. The second-order valence-electron chi connectivity index (χ2n) is 7.81. The maximum Gasteiger partial charge on any atom is 0.416 e. The number of carbonyl (C=O) groups excluding carboxylic acids is 2. The Morgan fingerprint density at radius 2 is 1.79 bits per heavy atom. The third kappa shape index (κ3) is 6.16. The van der Waals surface area contributed by atoms with Gasteiger partial charge in [-0.25, -0.2) is 4.98 Å². The van der Waals surface area contributed by atoms with Crippen molar-refractivity contribution in [2.24, 2.45) is 5.73 Å². The molecule has 1 aromatic carbocycles. The first-order valence-electron chi connectivity index (χ1n) is 11.2. The van der Waals surface area contributed by atoms with Gasteiger partial charge in [-0.05, 0) is 67.2 Å². The quantitative estimate of drug-likeness (QED) is 0.578. The number of Topliss-reactive ketones (excluding diaryl/α,β-unsaturated/α-hetero) is 2. The lowest BCUT2D eigenvalue weighted by Gasteiger charge is -2.13. The van der Waals surface area contributed by atoms with Gasteiger partial charge in [0.15, 0.2) is 5.78 Å². The second-order valence-corrected chi connectivity index (χ2v) is 7.81. The van der Waals surface area contributed by atoms with Crippen LogP contribution in [-0.2, 0) is 28.7 Å². The summed E-state index contributed by atoms with van der Waals surface area (Å²) in [4.78, 5) is 25.8. The summed E-state index contributed by atoms with van der Waals surface area (Å²) >= 11 is 0. The van der Waals surface area contributed by atoms with Crippen LogP contribution in [0.5, 0.6) is 0 Å². The van der Waals surface area contributed by atoms with Crippen LogP contribution in [0.1, 0.15) is 76.3 Å². The molecule has 2 aromatic rings. The van der Waals surface area contributed by atoms with E-state index in [9.17, 15) is 22.8 Å². The van der Waals surface area contributed by atoms with Crippen molar-refractivity contribution in [2.75, 3.05) is 0 Å². The minimum Gasteiger partial charge on any atom is -0.326 e. The molecule has 7 heteroatoms. The number of alkyl halides is 3. The fourth-order valence-corrected chi connectivity index (χ4v) is 3.68. The molecule has 0 amide bonds. The Balaban J connectivity index is 0.000000489. The Bertz CT molecular complexity index is 1130. The standard InChI is InChI=1S/C20H17F3N2O.C4H8O.C2H6/c1-10(26)15-7-12(15)6-11-2-4-14-17(9-24)16-8-13(20(21,22)23)3-5-18(16)25-19(11)14;1-3-4(2)5;1-2/h3,5-6,8H,2,4,7,9,24H2,1H3;3H2,1-2H3;1-2H3/b11-6+;;. The Morgan fingerprint density at radius 3 is 2.27 bits per heavy atom. The first-order valence-corrected chi connectivity index (χ1v) is 11.2. The van der Waals surface area contributed by atoms with Gasteiger partial charge in [0, 0.05) is 30.3 Å². The number of halogens is 3. The molecule has 1 heterocycles. The normalized spacial score (nSPS) is 15.5. The third-order valence-electron chi connectivity index (χ3n) is 5.59. The van der Waals surface area contributed by atoms with Crippen LogP contribution in [0, 0.1) is 0 Å². The summed E-state index contributed by atoms with van der Waals surface area (Å²) < 4.78 is 39.1. The summed E-state index contributed by atoms with van der Waals surface area (Å²) in [6.07, 6.45) is 0.444. The van der Waals surface area contributed by atoms with Crippen molar-refractivity contribution >= 4 is 28.0 Å². The highest BCUT2D eigenvalue weighted by Crippen LogP contribution is 2.41. The molecule has 33 heavy (non-hydrogen) atoms. The van der Waals surface area contributed by atoms with Gasteiger partial charge in [-0.1, -0.05) is 26.8 Å². The average Bonchev–Trinajstić information content (AvgIpc) is 3.45. The molecule has 0 saturated carbocycles. The number of carbonyl (C=O) groups is 2. The molecule has 2 aliphatic rings. The molecule has 2 aliphatic carbocycles. The van der Waals surface area contributed by atoms with E-state index in [4.69, 9.17) is 5.73 Å². The number of ketones is 2. The first-order chi connectivity index (χ1) is 15.6. The van der Waals surface area contributed by atoms with Gasteiger partial charge in [0.05, 0.1) is 16.8 Å². The minimum atomic E-state index is -4.40. The fourth-order valence-electron chi connectivity index (χ4n) is 3.68. The minimum absolute atomic E-state index is 0.0869. The van der Waals surface area contributed by atoms with E-state index in [2.05, 4.69) is 4.98 Å². The first kappa shape index (κ1) is 26.5. The van der Waals surface area contributed by atoms with Gasteiger partial charge < -0.3 is 10.5 Å². The van der Waals surface area contributed by atoms with E-state index >= 15 is 0 Å². The average molecular weight is 461 g/mol. The zero-order valence-electron chi connectivity index (χ0n) is 19.8. The zero-order valence-corrected chi connectivity index (χ0v) is 19.8. The number of fused-ring (bicyclic) bond motifs is 2. The predicted molar refractivity (Wildman–Crippen MR) is 126 cm³/mol. The highest BCUT2D eigenvalue weighted by Gasteiger charge is 2.32. The van der Waals surface area contributed by atoms with Gasteiger partial charge in [0.1, 0.15) is 5.78 Å². The second kappa shape index (κ2) is 10.9. The van der Waals surface area contributed by atoms with Gasteiger partial charge in [0.2, 0.25) is 0 Å². The van der Waals surface area contributed by atoms with E-state index < -0.39 is 11.7 Å². The van der Waals surface area contributed by atoms with Crippen LogP contribution in [0.2, 0.25) is 0 Å². The maximum atomic E-state index is 13.0. The summed E-state index contributed by atoms with van der Waals surface area (Å²) in [5.41, 5.74) is 11.1. The van der Waals surface area contributed by atoms with E-state index in [1.165, 1.54) is 6.07 Å². The van der Waals surface area contributed by atoms with Crippen molar-refractivity contribution in [2.45, 2.75) is 73.0 Å². The lowest BCUT2D eigenvalue weighted by Crippen LogP contribution is -2.08. The summed E-state index contributed by atoms with van der Waals surface area (Å²) in [7, 11) is 0. The Hall–Kier alpha value is -2.80. The molecule has 0 fully saturated rings. The van der Waals surface area contributed by atoms with Crippen LogP contribution in [0.25, 0.3) is 16.5 Å². The zero-order chi connectivity index (χ0) is 24.9. The number of hydrogen-bond donors (Lipinski definition) is 1. The van der Waals surface area contributed by atoms with E-state index in [-0.39, 0.29) is 18.1 Å². The molecular formula is C26H31F3N2O2. The molecule has 0 saturated heterocycles. The monoisotopic (exact) mass is 460 g/mol. The lowest BCUT2D eigenvalue weighted by atomic mass is 9.99. The fraction of sp³-hybridized carbons (Fsp3) is 0.423. The lowest BCUT2D eigenvalue weighted by molar-refractivity contribution is -0.137. The van der Waals surface area contributed by atoms with Gasteiger partial charge in [-0.3, -0.25) is 4.79 Å². The largest absolute Gasteiger partial charge is 0.416 e. The van der Waals surface area contributed by atoms with Crippen LogP contribution < -0.4 is 5.73 Å². The van der Waals surface area contributed by atoms with Crippen molar-refractivity contribution in [1.29, 1.82) is 0 Å². The van der Waals surface area contributed by atoms with Crippen LogP contribution in [0.4, 0.5) is 13.2 Å². The van der Waals surface area contributed by atoms with E-state index in [1.54, 1.807) is 13.8 Å².